The van der Waals surface area contributed by atoms with E-state index in [4.69, 9.17) is 27.9 Å². The smallest absolute Gasteiger partial charge is 0.332 e. The maximum atomic E-state index is 14.5. The monoisotopic (exact) mass is 443 g/mol. The van der Waals surface area contributed by atoms with Crippen molar-refractivity contribution in [1.29, 1.82) is 0 Å². The van der Waals surface area contributed by atoms with E-state index in [9.17, 15) is 9.18 Å². The lowest BCUT2D eigenvalue weighted by atomic mass is 9.97. The van der Waals surface area contributed by atoms with Crippen LogP contribution >= 0.6 is 23.2 Å². The zero-order valence-corrected chi connectivity index (χ0v) is 17.6. The van der Waals surface area contributed by atoms with Gasteiger partial charge in [-0.15, -0.1) is 0 Å². The van der Waals surface area contributed by atoms with Crippen LogP contribution in [0.4, 0.5) is 4.39 Å². The molecule has 0 saturated heterocycles. The summed E-state index contributed by atoms with van der Waals surface area (Å²) in [5.41, 5.74) is 2.69. The van der Waals surface area contributed by atoms with Gasteiger partial charge in [0.2, 0.25) is 0 Å². The van der Waals surface area contributed by atoms with Crippen molar-refractivity contribution in [2.45, 2.75) is 0 Å². The molecule has 0 N–H and O–H groups in total. The van der Waals surface area contributed by atoms with Crippen LogP contribution < -0.4 is 10.4 Å². The van der Waals surface area contributed by atoms with Gasteiger partial charge in [-0.2, -0.15) is 0 Å². The number of halogens is 3. The molecule has 0 atom stereocenters. The highest BCUT2D eigenvalue weighted by molar-refractivity contribution is 6.32. The van der Waals surface area contributed by atoms with Gasteiger partial charge in [-0.05, 0) is 47.5 Å². The van der Waals surface area contributed by atoms with Crippen molar-refractivity contribution in [2.75, 3.05) is 7.11 Å². The molecule has 2 aromatic heterocycles. The number of benzene rings is 2. The zero-order valence-electron chi connectivity index (χ0n) is 16.1. The predicted octanol–water partition coefficient (Wildman–Crippen LogP) is 5.36. The van der Waals surface area contributed by atoms with E-state index in [1.807, 2.05) is 0 Å². The van der Waals surface area contributed by atoms with E-state index >= 15 is 0 Å². The number of hydrogen-bond donors (Lipinski definition) is 0. The fourth-order valence-corrected chi connectivity index (χ4v) is 3.78. The molecule has 0 aliphatic heterocycles. The lowest BCUT2D eigenvalue weighted by Gasteiger charge is -2.16. The number of nitrogens with zero attached hydrogens (tertiary/aromatic N) is 3. The summed E-state index contributed by atoms with van der Waals surface area (Å²) in [6, 6.07) is 11.3. The molecule has 0 aliphatic carbocycles. The van der Waals surface area contributed by atoms with Gasteiger partial charge in [0, 0.05) is 36.8 Å². The van der Waals surface area contributed by atoms with Gasteiger partial charge in [-0.1, -0.05) is 29.3 Å². The lowest BCUT2D eigenvalue weighted by molar-refractivity contribution is 0.417. The van der Waals surface area contributed by atoms with Crippen molar-refractivity contribution >= 4 is 23.2 Å². The lowest BCUT2D eigenvalue weighted by Crippen LogP contribution is -2.20. The fourth-order valence-electron chi connectivity index (χ4n) is 3.33. The maximum Gasteiger partial charge on any atom is 0.332 e. The Bertz CT molecular complexity index is 1310. The summed E-state index contributed by atoms with van der Waals surface area (Å²) in [6.07, 6.45) is 4.83. The van der Waals surface area contributed by atoms with Crippen molar-refractivity contribution in [3.05, 3.63) is 87.5 Å². The maximum absolute atomic E-state index is 14.5. The zero-order chi connectivity index (χ0) is 21.4. The summed E-state index contributed by atoms with van der Waals surface area (Å²) in [6.45, 7) is 0. The van der Waals surface area contributed by atoms with E-state index in [0.29, 0.717) is 43.9 Å². The van der Waals surface area contributed by atoms with Gasteiger partial charge in [0.1, 0.15) is 16.7 Å². The summed E-state index contributed by atoms with van der Waals surface area (Å²) >= 11 is 12.5. The molecule has 0 fully saturated rings. The van der Waals surface area contributed by atoms with Crippen molar-refractivity contribution < 1.29 is 9.13 Å². The number of aryl methyl sites for hydroxylation is 1. The van der Waals surface area contributed by atoms with Crippen LogP contribution in [-0.4, -0.2) is 21.2 Å². The second-order valence-corrected chi connectivity index (χ2v) is 7.42. The van der Waals surface area contributed by atoms with Crippen LogP contribution in [0.1, 0.15) is 0 Å². The SMILES string of the molecule is COc1c(-c2ccnc(Cl)c2)cc(F)cc1-c1ccc(-n2ccn(C)c2=O)c(Cl)c1. The molecule has 0 amide bonds. The molecule has 0 unspecified atom stereocenters. The first-order valence-corrected chi connectivity index (χ1v) is 9.68. The standard InChI is InChI=1S/C22H16Cl2FN3O2/c1-27-7-8-28(22(27)29)19-4-3-13(9-18(19)23)16-11-15(25)12-17(21(16)30-2)14-5-6-26-20(24)10-14/h3-12H,1-2H3. The summed E-state index contributed by atoms with van der Waals surface area (Å²) in [4.78, 5) is 16.2. The van der Waals surface area contributed by atoms with Crippen LogP contribution in [0.2, 0.25) is 10.2 Å². The Hall–Kier alpha value is -3.09. The first-order valence-electron chi connectivity index (χ1n) is 8.93. The average molecular weight is 444 g/mol. The normalized spacial score (nSPS) is 11.0. The molecule has 2 heterocycles. The number of ether oxygens (including phenoxy) is 1. The molecule has 0 spiro atoms. The highest BCUT2D eigenvalue weighted by atomic mass is 35.5. The molecule has 0 radical (unpaired) electrons. The molecular weight excluding hydrogens is 428 g/mol. The second-order valence-electron chi connectivity index (χ2n) is 6.63. The first kappa shape index (κ1) is 20.2. The van der Waals surface area contributed by atoms with Gasteiger partial charge in [0.05, 0.1) is 17.8 Å². The molecule has 0 saturated carbocycles. The first-order chi connectivity index (χ1) is 14.4. The van der Waals surface area contributed by atoms with Gasteiger partial charge in [-0.25, -0.2) is 14.2 Å². The quantitative estimate of drug-likeness (QED) is 0.399. The average Bonchev–Trinajstić information content (AvgIpc) is 3.05. The molecule has 4 rings (SSSR count). The Morgan fingerprint density at radius 1 is 1.00 bits per heavy atom. The Balaban J connectivity index is 1.88. The van der Waals surface area contributed by atoms with Crippen molar-refractivity contribution in [3.8, 4) is 33.7 Å². The fraction of sp³-hybridized carbons (Fsp3) is 0.0909. The Kier molecular flexibility index (Phi) is 5.37. The Morgan fingerprint density at radius 3 is 2.27 bits per heavy atom. The molecule has 4 aromatic rings. The molecule has 8 heteroatoms. The topological polar surface area (TPSA) is 49.0 Å². The number of rotatable bonds is 4. The number of methoxy groups -OCH3 is 1. The molecule has 152 valence electrons. The van der Waals surface area contributed by atoms with E-state index in [1.165, 1.54) is 28.4 Å². The third-order valence-electron chi connectivity index (χ3n) is 4.76. The molecule has 0 bridgehead atoms. The minimum Gasteiger partial charge on any atom is -0.495 e. The molecule has 2 aromatic carbocycles. The van der Waals surface area contributed by atoms with Crippen LogP contribution in [0.3, 0.4) is 0 Å². The minimum atomic E-state index is -0.437. The molecule has 30 heavy (non-hydrogen) atoms. The molecule has 0 aliphatic rings. The van der Waals surface area contributed by atoms with E-state index in [1.54, 1.807) is 56.0 Å². The largest absolute Gasteiger partial charge is 0.495 e. The van der Waals surface area contributed by atoms with E-state index in [0.717, 1.165) is 0 Å². The van der Waals surface area contributed by atoms with Crippen LogP contribution in [0.15, 0.2) is 65.8 Å². The second kappa shape index (κ2) is 7.97. The van der Waals surface area contributed by atoms with Gasteiger partial charge >= 0.3 is 5.69 Å². The number of imidazole rings is 1. The van der Waals surface area contributed by atoms with Gasteiger partial charge in [0.25, 0.3) is 0 Å². The minimum absolute atomic E-state index is 0.218. The summed E-state index contributed by atoms with van der Waals surface area (Å²) in [7, 11) is 3.17. The number of pyridine rings is 1. The number of hydrogen-bond acceptors (Lipinski definition) is 3. The summed E-state index contributed by atoms with van der Waals surface area (Å²) in [5.74, 6) is 0.0348. The molecular formula is C22H16Cl2FN3O2. The van der Waals surface area contributed by atoms with E-state index < -0.39 is 5.82 Å². The predicted molar refractivity (Wildman–Crippen MR) is 116 cm³/mol. The van der Waals surface area contributed by atoms with Crippen molar-refractivity contribution in [3.63, 3.8) is 0 Å². The summed E-state index contributed by atoms with van der Waals surface area (Å²) < 4.78 is 23.1. The van der Waals surface area contributed by atoms with E-state index in [2.05, 4.69) is 4.98 Å². The Morgan fingerprint density at radius 2 is 1.70 bits per heavy atom. The van der Waals surface area contributed by atoms with E-state index in [-0.39, 0.29) is 5.69 Å². The highest BCUT2D eigenvalue weighted by Gasteiger charge is 2.17. The number of aromatic nitrogens is 3. The Labute approximate surface area is 181 Å². The summed E-state index contributed by atoms with van der Waals surface area (Å²) in [5, 5.41) is 0.640. The van der Waals surface area contributed by atoms with Crippen LogP contribution in [0.25, 0.3) is 27.9 Å². The third kappa shape index (κ3) is 3.60. The van der Waals surface area contributed by atoms with Gasteiger partial charge in [0.15, 0.2) is 0 Å². The third-order valence-corrected chi connectivity index (χ3v) is 5.27. The van der Waals surface area contributed by atoms with Gasteiger partial charge in [-0.3, -0.25) is 4.57 Å². The van der Waals surface area contributed by atoms with Crippen LogP contribution in [0.5, 0.6) is 5.75 Å². The van der Waals surface area contributed by atoms with Crippen LogP contribution in [0, 0.1) is 5.82 Å². The van der Waals surface area contributed by atoms with Crippen molar-refractivity contribution in [2.24, 2.45) is 7.05 Å². The van der Waals surface area contributed by atoms with Crippen LogP contribution in [-0.2, 0) is 7.05 Å². The van der Waals surface area contributed by atoms with Crippen molar-refractivity contribution in [1.82, 2.24) is 14.1 Å². The molecule has 5 nitrogen and oxygen atoms in total. The van der Waals surface area contributed by atoms with Gasteiger partial charge < -0.3 is 9.30 Å². The highest BCUT2D eigenvalue weighted by Crippen LogP contribution is 2.41.